The molecule has 8 heteroatoms. The lowest BCUT2D eigenvalue weighted by Crippen LogP contribution is -2.15. The quantitative estimate of drug-likeness (QED) is 0.567. The molecule has 4 heterocycles. The molecule has 0 saturated carbocycles. The molecular formula is C20H19N5O2S. The summed E-state index contributed by atoms with van der Waals surface area (Å²) in [7, 11) is 0. The van der Waals surface area contributed by atoms with Gasteiger partial charge in [-0.1, -0.05) is 6.07 Å². The van der Waals surface area contributed by atoms with Gasteiger partial charge in [-0.05, 0) is 37.1 Å². The highest BCUT2D eigenvalue weighted by atomic mass is 32.1. The number of hydrogen-bond acceptors (Lipinski definition) is 7. The molecule has 1 aromatic carbocycles. The molecule has 7 nitrogen and oxygen atoms in total. The van der Waals surface area contributed by atoms with Gasteiger partial charge in [-0.25, -0.2) is 9.97 Å². The molecule has 0 spiro atoms. The Morgan fingerprint density at radius 1 is 1.14 bits per heavy atom. The van der Waals surface area contributed by atoms with Crippen molar-refractivity contribution in [2.24, 2.45) is 0 Å². The summed E-state index contributed by atoms with van der Waals surface area (Å²) in [5.41, 5.74) is 2.31. The topological polar surface area (TPSA) is 74.1 Å². The molecule has 1 aliphatic rings. The van der Waals surface area contributed by atoms with Gasteiger partial charge < -0.3 is 14.8 Å². The van der Waals surface area contributed by atoms with Crippen molar-refractivity contribution >= 4 is 27.4 Å². The predicted molar refractivity (Wildman–Crippen MR) is 109 cm³/mol. The molecule has 0 fully saturated rings. The number of fused-ring (bicyclic) bond motifs is 2. The average molecular weight is 393 g/mol. The van der Waals surface area contributed by atoms with Crippen molar-refractivity contribution in [3.8, 4) is 17.4 Å². The summed E-state index contributed by atoms with van der Waals surface area (Å²) < 4.78 is 13.1. The van der Waals surface area contributed by atoms with Gasteiger partial charge in [0.05, 0.1) is 5.39 Å². The van der Waals surface area contributed by atoms with Gasteiger partial charge in [-0.15, -0.1) is 11.3 Å². The number of ether oxygens (including phenoxy) is 2. The van der Waals surface area contributed by atoms with Crippen molar-refractivity contribution in [1.29, 1.82) is 0 Å². The summed E-state index contributed by atoms with van der Waals surface area (Å²) in [5.74, 6) is 3.02. The van der Waals surface area contributed by atoms with Crippen molar-refractivity contribution in [3.63, 3.8) is 0 Å². The lowest BCUT2D eigenvalue weighted by molar-refractivity contribution is 0.171. The molecule has 0 amide bonds. The Labute approximate surface area is 166 Å². The van der Waals surface area contributed by atoms with Crippen LogP contribution in [0, 0.1) is 13.8 Å². The normalized spacial score (nSPS) is 13.1. The summed E-state index contributed by atoms with van der Waals surface area (Å²) in [6.45, 7) is 6.03. The maximum absolute atomic E-state index is 5.69. The smallest absolute Gasteiger partial charge is 0.238 e. The van der Waals surface area contributed by atoms with Crippen LogP contribution in [0.2, 0.25) is 0 Å². The molecule has 1 aliphatic heterocycles. The van der Waals surface area contributed by atoms with Crippen molar-refractivity contribution in [2.75, 3.05) is 18.5 Å². The first-order chi connectivity index (χ1) is 13.7. The Bertz CT molecular complexity index is 1150. The van der Waals surface area contributed by atoms with Gasteiger partial charge in [0, 0.05) is 23.8 Å². The number of aryl methyl sites for hydroxylation is 2. The minimum Gasteiger partial charge on any atom is -0.486 e. The summed E-state index contributed by atoms with van der Waals surface area (Å²) in [4.78, 5) is 15.8. The van der Waals surface area contributed by atoms with E-state index >= 15 is 0 Å². The molecule has 0 unspecified atom stereocenters. The molecule has 0 bridgehead atoms. The van der Waals surface area contributed by atoms with Crippen LogP contribution in [0.15, 0.2) is 36.9 Å². The zero-order valence-electron chi connectivity index (χ0n) is 15.6. The van der Waals surface area contributed by atoms with E-state index in [0.717, 1.165) is 33.1 Å². The first kappa shape index (κ1) is 17.0. The zero-order valence-corrected chi connectivity index (χ0v) is 16.4. The second-order valence-corrected chi connectivity index (χ2v) is 7.84. The van der Waals surface area contributed by atoms with Crippen LogP contribution in [0.4, 0.5) is 5.82 Å². The SMILES string of the molecule is Cc1sc2nc(-n3ccnc3)nc(NCc3ccc4c(c3)OCCO4)c2c1C. The van der Waals surface area contributed by atoms with Crippen LogP contribution in [-0.2, 0) is 6.54 Å². The van der Waals surface area contributed by atoms with E-state index in [1.807, 2.05) is 29.0 Å². The fourth-order valence-corrected chi connectivity index (χ4v) is 4.27. The van der Waals surface area contributed by atoms with E-state index in [2.05, 4.69) is 24.1 Å². The minimum atomic E-state index is 0.581. The molecule has 28 heavy (non-hydrogen) atoms. The van der Waals surface area contributed by atoms with E-state index in [4.69, 9.17) is 19.4 Å². The van der Waals surface area contributed by atoms with Gasteiger partial charge in [0.2, 0.25) is 5.95 Å². The van der Waals surface area contributed by atoms with Crippen molar-refractivity contribution in [1.82, 2.24) is 19.5 Å². The highest BCUT2D eigenvalue weighted by Gasteiger charge is 2.16. The van der Waals surface area contributed by atoms with E-state index in [1.54, 1.807) is 23.9 Å². The molecule has 0 aliphatic carbocycles. The van der Waals surface area contributed by atoms with E-state index in [-0.39, 0.29) is 0 Å². The number of nitrogens with zero attached hydrogens (tertiary/aromatic N) is 4. The van der Waals surface area contributed by atoms with Crippen molar-refractivity contribution < 1.29 is 9.47 Å². The van der Waals surface area contributed by atoms with Gasteiger partial charge in [0.1, 0.15) is 30.2 Å². The number of thiophene rings is 1. The highest BCUT2D eigenvalue weighted by molar-refractivity contribution is 7.18. The Morgan fingerprint density at radius 3 is 2.82 bits per heavy atom. The van der Waals surface area contributed by atoms with Crippen LogP contribution >= 0.6 is 11.3 Å². The molecule has 4 aromatic rings. The van der Waals surface area contributed by atoms with Gasteiger partial charge >= 0.3 is 0 Å². The van der Waals surface area contributed by atoms with Crippen LogP contribution < -0.4 is 14.8 Å². The van der Waals surface area contributed by atoms with Crippen LogP contribution in [0.3, 0.4) is 0 Å². The van der Waals surface area contributed by atoms with Crippen LogP contribution in [0.1, 0.15) is 16.0 Å². The second-order valence-electron chi connectivity index (χ2n) is 6.64. The molecule has 1 N–H and O–H groups in total. The van der Waals surface area contributed by atoms with Gasteiger partial charge in [0.25, 0.3) is 0 Å². The summed E-state index contributed by atoms with van der Waals surface area (Å²) >= 11 is 1.68. The maximum atomic E-state index is 5.69. The molecule has 0 radical (unpaired) electrons. The third-order valence-electron chi connectivity index (χ3n) is 4.82. The Morgan fingerprint density at radius 2 is 2.00 bits per heavy atom. The van der Waals surface area contributed by atoms with Gasteiger partial charge in [-0.2, -0.15) is 4.98 Å². The fraction of sp³-hybridized carbons (Fsp3) is 0.250. The molecule has 3 aromatic heterocycles. The lowest BCUT2D eigenvalue weighted by Gasteiger charge is -2.19. The standard InChI is InChI=1S/C20H19N5O2S/c1-12-13(2)28-19-17(12)18(23-20(24-19)25-6-5-21-11-25)22-10-14-3-4-15-16(9-14)27-8-7-26-15/h3-6,9,11H,7-8,10H2,1-2H3,(H,22,23,24). The minimum absolute atomic E-state index is 0.581. The summed E-state index contributed by atoms with van der Waals surface area (Å²) in [6.07, 6.45) is 5.28. The van der Waals surface area contributed by atoms with Gasteiger partial charge in [0.15, 0.2) is 11.5 Å². The monoisotopic (exact) mass is 393 g/mol. The maximum Gasteiger partial charge on any atom is 0.238 e. The summed E-state index contributed by atoms with van der Waals surface area (Å²) in [5, 5.41) is 4.57. The van der Waals surface area contributed by atoms with Crippen LogP contribution in [0.5, 0.6) is 11.5 Å². The zero-order chi connectivity index (χ0) is 19.1. The third-order valence-corrected chi connectivity index (χ3v) is 5.92. The van der Waals surface area contributed by atoms with E-state index in [0.29, 0.717) is 25.7 Å². The first-order valence-corrected chi connectivity index (χ1v) is 9.89. The van der Waals surface area contributed by atoms with Gasteiger partial charge in [-0.3, -0.25) is 4.57 Å². The van der Waals surface area contributed by atoms with Crippen LogP contribution in [-0.4, -0.2) is 32.7 Å². The Hall–Kier alpha value is -3.13. The lowest BCUT2D eigenvalue weighted by atomic mass is 10.1. The molecular weight excluding hydrogens is 374 g/mol. The van der Waals surface area contributed by atoms with E-state index in [9.17, 15) is 0 Å². The molecule has 142 valence electrons. The number of anilines is 1. The third kappa shape index (κ3) is 2.95. The number of aromatic nitrogens is 4. The van der Waals surface area contributed by atoms with Crippen LogP contribution in [0.25, 0.3) is 16.2 Å². The van der Waals surface area contributed by atoms with Crippen molar-refractivity contribution in [2.45, 2.75) is 20.4 Å². The first-order valence-electron chi connectivity index (χ1n) is 9.07. The largest absolute Gasteiger partial charge is 0.486 e. The number of nitrogens with one attached hydrogen (secondary N) is 1. The fourth-order valence-electron chi connectivity index (χ4n) is 3.24. The predicted octanol–water partition coefficient (Wildman–Crippen LogP) is 3.88. The number of imidazole rings is 1. The van der Waals surface area contributed by atoms with E-state index < -0.39 is 0 Å². The summed E-state index contributed by atoms with van der Waals surface area (Å²) in [6, 6.07) is 6.02. The second kappa shape index (κ2) is 6.79. The Balaban J connectivity index is 1.51. The molecule has 0 atom stereocenters. The number of hydrogen-bond donors (Lipinski definition) is 1. The Kier molecular flexibility index (Phi) is 4.12. The highest BCUT2D eigenvalue weighted by Crippen LogP contribution is 2.35. The molecule has 5 rings (SSSR count). The number of benzene rings is 1. The van der Waals surface area contributed by atoms with Crippen molar-refractivity contribution in [3.05, 3.63) is 52.9 Å². The number of rotatable bonds is 4. The molecule has 0 saturated heterocycles. The average Bonchev–Trinajstić information content (AvgIpc) is 3.35. The van der Waals surface area contributed by atoms with E-state index in [1.165, 1.54) is 10.4 Å².